The summed E-state index contributed by atoms with van der Waals surface area (Å²) in [7, 11) is 0. The van der Waals surface area contributed by atoms with Crippen molar-refractivity contribution in [3.05, 3.63) is 41.7 Å². The predicted molar refractivity (Wildman–Crippen MR) is 157 cm³/mol. The molecule has 1 aliphatic rings. The van der Waals surface area contributed by atoms with E-state index in [1.54, 1.807) is 6.20 Å². The third-order valence-corrected chi connectivity index (χ3v) is 8.06. The number of rotatable bonds is 19. The molecule has 0 saturated carbocycles. The van der Waals surface area contributed by atoms with Crippen LogP contribution < -0.4 is 4.74 Å². The summed E-state index contributed by atoms with van der Waals surface area (Å²) in [6.45, 7) is 6.45. The smallest absolute Gasteiger partial charge is 0.132 e. The van der Waals surface area contributed by atoms with Gasteiger partial charge >= 0.3 is 0 Å². The molecule has 1 aromatic heterocycles. The van der Waals surface area contributed by atoms with Gasteiger partial charge in [0.1, 0.15) is 17.1 Å². The van der Waals surface area contributed by atoms with E-state index in [0.29, 0.717) is 5.75 Å². The van der Waals surface area contributed by atoms with E-state index in [1.165, 1.54) is 116 Å². The molecule has 2 heterocycles. The molecule has 0 atom stereocenters. The first-order valence-corrected chi connectivity index (χ1v) is 15.5. The van der Waals surface area contributed by atoms with E-state index in [2.05, 4.69) is 31.8 Å². The number of aromatic hydroxyl groups is 1. The Balaban J connectivity index is 1.22. The van der Waals surface area contributed by atoms with Gasteiger partial charge in [0.2, 0.25) is 0 Å². The number of nitrogens with zero attached hydrogens (tertiary/aromatic N) is 1. The first kappa shape index (κ1) is 29.5. The minimum Gasteiger partial charge on any atom is -0.507 e. The number of unbranched alkanes of at least 4 members (excludes halogenated alkanes) is 17. The van der Waals surface area contributed by atoms with Gasteiger partial charge in [-0.2, -0.15) is 0 Å². The van der Waals surface area contributed by atoms with E-state index in [1.807, 2.05) is 18.3 Å². The molecule has 0 unspecified atom stereocenters. The number of aromatic nitrogens is 1. The van der Waals surface area contributed by atoms with Gasteiger partial charge in [-0.05, 0) is 50.5 Å². The van der Waals surface area contributed by atoms with Crippen molar-refractivity contribution in [2.24, 2.45) is 0 Å². The number of fused-ring (bicyclic) bond motifs is 3. The zero-order valence-electron chi connectivity index (χ0n) is 24.1. The summed E-state index contributed by atoms with van der Waals surface area (Å²) < 4.78 is 6.32. The summed E-state index contributed by atoms with van der Waals surface area (Å²) in [5.41, 5.74) is 3.57. The van der Waals surface area contributed by atoms with Crippen molar-refractivity contribution < 1.29 is 9.84 Å². The van der Waals surface area contributed by atoms with E-state index in [-0.39, 0.29) is 0 Å². The summed E-state index contributed by atoms with van der Waals surface area (Å²) in [4.78, 5) is 4.29. The van der Waals surface area contributed by atoms with Crippen molar-refractivity contribution >= 4 is 0 Å². The molecule has 3 rings (SSSR count). The lowest BCUT2D eigenvalue weighted by Crippen LogP contribution is -2.29. The number of aryl methyl sites for hydroxylation is 1. The first-order valence-electron chi connectivity index (χ1n) is 15.5. The number of phenols is 1. The maximum atomic E-state index is 10.8. The predicted octanol–water partition coefficient (Wildman–Crippen LogP) is 10.7. The minimum atomic E-state index is -0.427. The van der Waals surface area contributed by atoms with Gasteiger partial charge in [0.25, 0.3) is 0 Å². The minimum absolute atomic E-state index is 0.305. The van der Waals surface area contributed by atoms with Crippen molar-refractivity contribution in [2.75, 3.05) is 0 Å². The maximum absolute atomic E-state index is 10.8. The number of hydrogen-bond donors (Lipinski definition) is 1. The van der Waals surface area contributed by atoms with Crippen LogP contribution >= 0.6 is 0 Å². The van der Waals surface area contributed by atoms with Crippen LogP contribution in [0.4, 0.5) is 0 Å². The van der Waals surface area contributed by atoms with Gasteiger partial charge in [0, 0.05) is 23.5 Å². The van der Waals surface area contributed by atoms with Crippen molar-refractivity contribution in [1.29, 1.82) is 0 Å². The standard InChI is InChI=1S/C34H53NO2/c1-4-5-6-7-8-9-10-11-12-13-14-15-16-17-18-19-20-21-22-28-25-31(36)33-29-27-35-24-23-30(29)34(2,3)37-32(33)26-28/h23-27,36H,4-22H2,1-3H3. The van der Waals surface area contributed by atoms with Gasteiger partial charge in [0.15, 0.2) is 0 Å². The van der Waals surface area contributed by atoms with Crippen molar-refractivity contribution in [3.8, 4) is 22.6 Å². The fourth-order valence-corrected chi connectivity index (χ4v) is 5.83. The summed E-state index contributed by atoms with van der Waals surface area (Å²) in [6.07, 6.45) is 29.7. The van der Waals surface area contributed by atoms with Crippen LogP contribution in [0.25, 0.3) is 11.1 Å². The van der Waals surface area contributed by atoms with E-state index < -0.39 is 5.60 Å². The lowest BCUT2D eigenvalue weighted by Gasteiger charge is -2.35. The SMILES string of the molecule is CCCCCCCCCCCCCCCCCCCCc1cc(O)c2c(c1)OC(C)(C)c1ccncc1-2. The zero-order chi connectivity index (χ0) is 26.3. The molecule has 0 aliphatic carbocycles. The highest BCUT2D eigenvalue weighted by Crippen LogP contribution is 2.49. The van der Waals surface area contributed by atoms with Crippen LogP contribution in [0.1, 0.15) is 147 Å². The Hall–Kier alpha value is -2.03. The average molecular weight is 508 g/mol. The van der Waals surface area contributed by atoms with Crippen LogP contribution in [0, 0.1) is 0 Å². The molecule has 3 heteroatoms. The summed E-state index contributed by atoms with van der Waals surface area (Å²) in [5, 5.41) is 10.8. The van der Waals surface area contributed by atoms with Gasteiger partial charge in [-0.1, -0.05) is 116 Å². The lowest BCUT2D eigenvalue weighted by atomic mass is 9.86. The third kappa shape index (κ3) is 9.65. The highest BCUT2D eigenvalue weighted by Gasteiger charge is 2.34. The molecular formula is C34H53NO2. The van der Waals surface area contributed by atoms with Crippen LogP contribution in [0.15, 0.2) is 30.6 Å². The van der Waals surface area contributed by atoms with E-state index in [0.717, 1.165) is 34.4 Å². The molecule has 1 aliphatic heterocycles. The van der Waals surface area contributed by atoms with Gasteiger partial charge in [0.05, 0.1) is 5.56 Å². The van der Waals surface area contributed by atoms with Crippen LogP contribution in [0.5, 0.6) is 11.5 Å². The van der Waals surface area contributed by atoms with Crippen LogP contribution in [0.2, 0.25) is 0 Å². The maximum Gasteiger partial charge on any atom is 0.132 e. The number of phenolic OH excluding ortho intramolecular Hbond substituents is 1. The fraction of sp³-hybridized carbons (Fsp3) is 0.676. The second kappa shape index (κ2) is 16.0. The topological polar surface area (TPSA) is 42.4 Å². The lowest BCUT2D eigenvalue weighted by molar-refractivity contribution is 0.105. The molecule has 0 saturated heterocycles. The molecule has 0 bridgehead atoms. The van der Waals surface area contributed by atoms with Crippen molar-refractivity contribution in [3.63, 3.8) is 0 Å². The molecule has 0 spiro atoms. The summed E-state index contributed by atoms with van der Waals surface area (Å²) in [5.74, 6) is 1.09. The van der Waals surface area contributed by atoms with Crippen molar-refractivity contribution in [2.45, 2.75) is 148 Å². The first-order chi connectivity index (χ1) is 18.0. The van der Waals surface area contributed by atoms with E-state index >= 15 is 0 Å². The van der Waals surface area contributed by atoms with Gasteiger partial charge < -0.3 is 9.84 Å². The van der Waals surface area contributed by atoms with Crippen LogP contribution in [-0.2, 0) is 12.0 Å². The summed E-state index contributed by atoms with van der Waals surface area (Å²) in [6, 6.07) is 6.04. The largest absolute Gasteiger partial charge is 0.507 e. The Labute approximate surface area is 227 Å². The van der Waals surface area contributed by atoms with E-state index in [9.17, 15) is 5.11 Å². The molecule has 206 valence electrons. The number of ether oxygens (including phenoxy) is 1. The second-order valence-electron chi connectivity index (χ2n) is 11.8. The molecular weight excluding hydrogens is 454 g/mol. The normalized spacial score (nSPS) is 13.7. The monoisotopic (exact) mass is 507 g/mol. The number of hydrogen-bond acceptors (Lipinski definition) is 3. The van der Waals surface area contributed by atoms with Crippen LogP contribution in [0.3, 0.4) is 0 Å². The molecule has 37 heavy (non-hydrogen) atoms. The molecule has 3 nitrogen and oxygen atoms in total. The average Bonchev–Trinajstić information content (AvgIpc) is 2.87. The second-order valence-corrected chi connectivity index (χ2v) is 11.8. The highest BCUT2D eigenvalue weighted by molar-refractivity contribution is 5.81. The Morgan fingerprint density at radius 1 is 0.730 bits per heavy atom. The Morgan fingerprint density at radius 3 is 1.78 bits per heavy atom. The van der Waals surface area contributed by atoms with E-state index in [4.69, 9.17) is 4.74 Å². The highest BCUT2D eigenvalue weighted by atomic mass is 16.5. The Morgan fingerprint density at radius 2 is 1.24 bits per heavy atom. The molecule has 1 aromatic carbocycles. The molecule has 0 amide bonds. The Bertz CT molecular complexity index is 920. The van der Waals surface area contributed by atoms with Crippen molar-refractivity contribution in [1.82, 2.24) is 4.98 Å². The number of pyridine rings is 1. The zero-order valence-corrected chi connectivity index (χ0v) is 24.1. The summed E-state index contributed by atoms with van der Waals surface area (Å²) >= 11 is 0. The molecule has 2 aromatic rings. The number of benzene rings is 1. The van der Waals surface area contributed by atoms with Gasteiger partial charge in [-0.25, -0.2) is 0 Å². The Kier molecular flexibility index (Phi) is 12.8. The quantitative estimate of drug-likeness (QED) is 0.192. The molecule has 0 fully saturated rings. The molecule has 1 N–H and O–H groups in total. The third-order valence-electron chi connectivity index (χ3n) is 8.06. The molecule has 0 radical (unpaired) electrons. The van der Waals surface area contributed by atoms with Crippen LogP contribution in [-0.4, -0.2) is 10.1 Å². The van der Waals surface area contributed by atoms with Gasteiger partial charge in [-0.3, -0.25) is 4.98 Å². The van der Waals surface area contributed by atoms with Gasteiger partial charge in [-0.15, -0.1) is 0 Å². The fourth-order valence-electron chi connectivity index (χ4n) is 5.83.